The van der Waals surface area contributed by atoms with Crippen molar-refractivity contribution in [2.24, 2.45) is 0 Å². The number of rotatable bonds is 4. The molecule has 1 amide bonds. The van der Waals surface area contributed by atoms with E-state index in [1.54, 1.807) is 0 Å². The molecular formula is C19H13BrN2O4S. The van der Waals surface area contributed by atoms with Gasteiger partial charge >= 0.3 is 12.1 Å². The van der Waals surface area contributed by atoms with E-state index >= 15 is 0 Å². The molecule has 2 N–H and O–H groups in total. The summed E-state index contributed by atoms with van der Waals surface area (Å²) in [6, 6.07) is 16.1. The minimum atomic E-state index is -1.17. The quantitative estimate of drug-likeness (QED) is 0.593. The van der Waals surface area contributed by atoms with Crippen molar-refractivity contribution in [3.8, 4) is 11.1 Å². The van der Waals surface area contributed by atoms with Crippen LogP contribution in [-0.4, -0.2) is 28.8 Å². The largest absolute Gasteiger partial charge is 0.476 e. The van der Waals surface area contributed by atoms with Crippen molar-refractivity contribution in [2.75, 3.05) is 11.9 Å². The highest BCUT2D eigenvalue weighted by Gasteiger charge is 2.29. The van der Waals surface area contributed by atoms with E-state index in [-0.39, 0.29) is 23.4 Å². The van der Waals surface area contributed by atoms with Crippen LogP contribution in [-0.2, 0) is 4.74 Å². The predicted octanol–water partition coefficient (Wildman–Crippen LogP) is 4.96. The molecule has 0 atom stereocenters. The highest BCUT2D eigenvalue weighted by Crippen LogP contribution is 2.44. The topological polar surface area (TPSA) is 88.5 Å². The average molecular weight is 445 g/mol. The summed E-state index contributed by atoms with van der Waals surface area (Å²) in [4.78, 5) is 27.0. The number of carbonyl (C=O) groups is 2. The van der Waals surface area contributed by atoms with Gasteiger partial charge in [0.15, 0.2) is 10.8 Å². The minimum absolute atomic E-state index is 0.0410. The van der Waals surface area contributed by atoms with E-state index in [4.69, 9.17) is 9.84 Å². The third kappa shape index (κ3) is 3.33. The number of ether oxygens (including phenoxy) is 1. The van der Waals surface area contributed by atoms with Crippen molar-refractivity contribution in [1.82, 2.24) is 4.98 Å². The molecule has 27 heavy (non-hydrogen) atoms. The predicted molar refractivity (Wildman–Crippen MR) is 105 cm³/mol. The van der Waals surface area contributed by atoms with Crippen LogP contribution in [0.15, 0.2) is 52.3 Å². The molecule has 0 unspecified atom stereocenters. The molecule has 0 aliphatic heterocycles. The van der Waals surface area contributed by atoms with Gasteiger partial charge in [-0.3, -0.25) is 5.32 Å². The van der Waals surface area contributed by atoms with E-state index < -0.39 is 12.1 Å². The summed E-state index contributed by atoms with van der Waals surface area (Å²) in [5.41, 5.74) is 4.40. The molecule has 1 aromatic heterocycles. The molecule has 1 heterocycles. The summed E-state index contributed by atoms with van der Waals surface area (Å²) >= 11 is 4.14. The van der Waals surface area contributed by atoms with Crippen molar-refractivity contribution < 1.29 is 19.4 Å². The Bertz CT molecular complexity index is 1000. The smallest absolute Gasteiger partial charge is 0.413 e. The zero-order valence-corrected chi connectivity index (χ0v) is 16.2. The van der Waals surface area contributed by atoms with Gasteiger partial charge in [-0.2, -0.15) is 0 Å². The van der Waals surface area contributed by atoms with E-state index in [2.05, 4.69) is 38.4 Å². The van der Waals surface area contributed by atoms with Crippen LogP contribution in [0.4, 0.5) is 9.93 Å². The third-order valence-electron chi connectivity index (χ3n) is 4.34. The molecule has 0 spiro atoms. The van der Waals surface area contributed by atoms with Crippen molar-refractivity contribution in [3.05, 3.63) is 69.1 Å². The van der Waals surface area contributed by atoms with Gasteiger partial charge in [-0.1, -0.05) is 59.9 Å². The van der Waals surface area contributed by atoms with Gasteiger partial charge < -0.3 is 9.84 Å². The standard InChI is InChI=1S/C19H13BrN2O4S/c20-16-15(17(23)24)21-18(27-16)22-19(25)26-9-14-12-7-3-1-5-10(12)11-6-2-4-8-13(11)14/h1-8,14H,9H2,(H,23,24)(H,21,22,25). The normalized spacial score (nSPS) is 12.3. The number of thiazole rings is 1. The number of amides is 1. The van der Waals surface area contributed by atoms with E-state index in [0.29, 0.717) is 3.79 Å². The molecule has 0 radical (unpaired) electrons. The summed E-state index contributed by atoms with van der Waals surface area (Å²) in [6.07, 6.45) is -0.671. The number of benzene rings is 2. The average Bonchev–Trinajstić information content (AvgIpc) is 3.18. The second kappa shape index (κ2) is 7.13. The van der Waals surface area contributed by atoms with Crippen LogP contribution in [0.25, 0.3) is 11.1 Å². The Kier molecular flexibility index (Phi) is 4.67. The van der Waals surface area contributed by atoms with E-state index in [9.17, 15) is 9.59 Å². The number of carboxylic acid groups (broad SMARTS) is 1. The summed E-state index contributed by atoms with van der Waals surface area (Å²) in [5.74, 6) is -1.21. The molecule has 3 aromatic rings. The first kappa shape index (κ1) is 17.7. The first-order valence-corrected chi connectivity index (χ1v) is 9.67. The Labute approximate surface area is 167 Å². The molecule has 6 nitrogen and oxygen atoms in total. The molecule has 0 fully saturated rings. The maximum Gasteiger partial charge on any atom is 0.413 e. The molecule has 4 rings (SSSR count). The fourth-order valence-electron chi connectivity index (χ4n) is 3.21. The number of nitrogens with one attached hydrogen (secondary N) is 1. The Morgan fingerprint density at radius 2 is 1.70 bits per heavy atom. The Morgan fingerprint density at radius 1 is 1.11 bits per heavy atom. The molecular weight excluding hydrogens is 432 g/mol. The van der Waals surface area contributed by atoms with Crippen LogP contribution >= 0.6 is 27.3 Å². The van der Waals surface area contributed by atoms with Crippen LogP contribution < -0.4 is 5.32 Å². The number of halogens is 1. The summed E-state index contributed by atoms with van der Waals surface area (Å²) < 4.78 is 5.74. The molecule has 136 valence electrons. The summed E-state index contributed by atoms with van der Waals surface area (Å²) in [5, 5.41) is 11.7. The van der Waals surface area contributed by atoms with Gasteiger partial charge in [-0.25, -0.2) is 14.6 Å². The van der Waals surface area contributed by atoms with E-state index in [1.807, 2.05) is 36.4 Å². The SMILES string of the molecule is O=C(Nc1nc(C(=O)O)c(Br)s1)OCC1c2ccccc2-c2ccccc21. The number of carbonyl (C=O) groups excluding carboxylic acids is 1. The maximum atomic E-state index is 12.2. The second-order valence-electron chi connectivity index (χ2n) is 5.90. The number of fused-ring (bicyclic) bond motifs is 3. The number of anilines is 1. The lowest BCUT2D eigenvalue weighted by molar-refractivity contribution is 0.0690. The minimum Gasteiger partial charge on any atom is -0.476 e. The van der Waals surface area contributed by atoms with Gasteiger partial charge in [-0.15, -0.1) is 0 Å². The van der Waals surface area contributed by atoms with Gasteiger partial charge in [0.25, 0.3) is 0 Å². The molecule has 0 bridgehead atoms. The number of carboxylic acids is 1. The molecule has 0 saturated carbocycles. The summed E-state index contributed by atoms with van der Waals surface area (Å²) in [6.45, 7) is 0.179. The number of aromatic carboxylic acids is 1. The van der Waals surface area contributed by atoms with Crippen LogP contribution in [0, 0.1) is 0 Å². The Balaban J connectivity index is 1.48. The first-order valence-electron chi connectivity index (χ1n) is 8.06. The maximum absolute atomic E-state index is 12.2. The van der Waals surface area contributed by atoms with Gasteiger partial charge in [0.05, 0.1) is 0 Å². The fourth-order valence-corrected chi connectivity index (χ4v) is 4.60. The van der Waals surface area contributed by atoms with Gasteiger partial charge in [-0.05, 0) is 38.2 Å². The zero-order chi connectivity index (χ0) is 19.0. The zero-order valence-electron chi connectivity index (χ0n) is 13.8. The lowest BCUT2D eigenvalue weighted by atomic mass is 9.98. The van der Waals surface area contributed by atoms with Crippen LogP contribution in [0.3, 0.4) is 0 Å². The van der Waals surface area contributed by atoms with Gasteiger partial charge in [0.2, 0.25) is 0 Å². The Hall–Kier alpha value is -2.71. The molecule has 1 aliphatic rings. The van der Waals surface area contributed by atoms with Crippen molar-refractivity contribution >= 4 is 44.5 Å². The lowest BCUT2D eigenvalue weighted by Gasteiger charge is -2.14. The van der Waals surface area contributed by atoms with Crippen molar-refractivity contribution in [3.63, 3.8) is 0 Å². The monoisotopic (exact) mass is 444 g/mol. The van der Waals surface area contributed by atoms with Crippen molar-refractivity contribution in [1.29, 1.82) is 0 Å². The van der Waals surface area contributed by atoms with E-state index in [1.165, 1.54) is 0 Å². The molecule has 0 saturated heterocycles. The highest BCUT2D eigenvalue weighted by molar-refractivity contribution is 9.11. The van der Waals surface area contributed by atoms with Gasteiger partial charge in [0, 0.05) is 5.92 Å². The number of hydrogen-bond donors (Lipinski definition) is 2. The molecule has 1 aliphatic carbocycles. The molecule has 8 heteroatoms. The van der Waals surface area contributed by atoms with E-state index in [0.717, 1.165) is 33.6 Å². The van der Waals surface area contributed by atoms with Crippen LogP contribution in [0.2, 0.25) is 0 Å². The van der Waals surface area contributed by atoms with Crippen LogP contribution in [0.5, 0.6) is 0 Å². The van der Waals surface area contributed by atoms with Crippen molar-refractivity contribution in [2.45, 2.75) is 5.92 Å². The first-order chi connectivity index (χ1) is 13.0. The van der Waals surface area contributed by atoms with Gasteiger partial charge in [0.1, 0.15) is 10.4 Å². The number of hydrogen-bond acceptors (Lipinski definition) is 5. The molecule has 2 aromatic carbocycles. The number of aromatic nitrogens is 1. The third-order valence-corrected chi connectivity index (χ3v) is 5.96. The number of nitrogens with zero attached hydrogens (tertiary/aromatic N) is 1. The summed E-state index contributed by atoms with van der Waals surface area (Å²) in [7, 11) is 0. The Morgan fingerprint density at radius 3 is 2.26 bits per heavy atom. The second-order valence-corrected chi connectivity index (χ2v) is 8.21. The van der Waals surface area contributed by atoms with Crippen LogP contribution in [0.1, 0.15) is 27.5 Å². The highest BCUT2D eigenvalue weighted by atomic mass is 79.9. The lowest BCUT2D eigenvalue weighted by Crippen LogP contribution is -2.18. The fraction of sp³-hybridized carbons (Fsp3) is 0.105.